The number of nitrogens with one attached hydrogen (secondary N) is 1. The molecule has 1 atom stereocenters. The second kappa shape index (κ2) is 6.20. The van der Waals surface area contributed by atoms with Gasteiger partial charge in [-0.05, 0) is 45.4 Å². The Hall–Kier alpha value is -0.970. The Morgan fingerprint density at radius 2 is 2.00 bits per heavy atom. The topological polar surface area (TPSA) is 24.9 Å². The van der Waals surface area contributed by atoms with Gasteiger partial charge in [-0.15, -0.1) is 11.3 Å². The summed E-state index contributed by atoms with van der Waals surface area (Å²) < 4.78 is 13.7. The zero-order valence-electron chi connectivity index (χ0n) is 12.0. The van der Waals surface area contributed by atoms with Gasteiger partial charge in [0.1, 0.15) is 10.8 Å². The molecule has 20 heavy (non-hydrogen) atoms. The van der Waals surface area contributed by atoms with Gasteiger partial charge in [-0.1, -0.05) is 17.7 Å². The zero-order chi connectivity index (χ0) is 14.9. The molecule has 0 aliphatic rings. The smallest absolute Gasteiger partial charge is 0.142 e. The highest BCUT2D eigenvalue weighted by Gasteiger charge is 2.20. The molecule has 1 aromatic carbocycles. The maximum atomic E-state index is 13.7. The number of aromatic nitrogens is 1. The minimum atomic E-state index is -0.398. The first-order valence-corrected chi connectivity index (χ1v) is 7.73. The summed E-state index contributed by atoms with van der Waals surface area (Å²) in [5.41, 5.74) is 1.87. The highest BCUT2D eigenvalue weighted by atomic mass is 35.5. The van der Waals surface area contributed by atoms with Crippen LogP contribution in [0.25, 0.3) is 0 Å². The second-order valence-electron chi connectivity index (χ2n) is 5.12. The van der Waals surface area contributed by atoms with E-state index in [1.165, 1.54) is 10.9 Å². The summed E-state index contributed by atoms with van der Waals surface area (Å²) in [6, 6.07) is 5.07. The molecular formula is C15H18ClFN2S. The molecule has 0 saturated carbocycles. The lowest BCUT2D eigenvalue weighted by Crippen LogP contribution is -2.29. The quantitative estimate of drug-likeness (QED) is 0.889. The summed E-state index contributed by atoms with van der Waals surface area (Å²) >= 11 is 7.40. The molecule has 108 valence electrons. The summed E-state index contributed by atoms with van der Waals surface area (Å²) in [7, 11) is 0. The Morgan fingerprint density at radius 3 is 2.50 bits per heavy atom. The molecule has 1 aromatic heterocycles. The first-order chi connectivity index (χ1) is 9.38. The van der Waals surface area contributed by atoms with Crippen molar-refractivity contribution in [1.29, 1.82) is 0 Å². The van der Waals surface area contributed by atoms with E-state index in [2.05, 4.69) is 24.1 Å². The predicted octanol–water partition coefficient (Wildman–Crippen LogP) is 4.64. The summed E-state index contributed by atoms with van der Waals surface area (Å²) in [5, 5.41) is 4.53. The highest BCUT2D eigenvalue weighted by Crippen LogP contribution is 2.30. The van der Waals surface area contributed by atoms with Crippen LogP contribution in [0.3, 0.4) is 0 Å². The average Bonchev–Trinajstić information content (AvgIpc) is 2.70. The maximum absolute atomic E-state index is 13.7. The first-order valence-electron chi connectivity index (χ1n) is 6.53. The van der Waals surface area contributed by atoms with E-state index < -0.39 is 5.82 Å². The van der Waals surface area contributed by atoms with E-state index in [1.807, 2.05) is 19.9 Å². The van der Waals surface area contributed by atoms with Gasteiger partial charge in [0.15, 0.2) is 0 Å². The van der Waals surface area contributed by atoms with Gasteiger partial charge in [0.25, 0.3) is 0 Å². The molecule has 1 unspecified atom stereocenters. The molecule has 0 aliphatic heterocycles. The van der Waals surface area contributed by atoms with Crippen molar-refractivity contribution in [2.24, 2.45) is 0 Å². The number of aryl methyl sites for hydroxylation is 2. The zero-order valence-corrected chi connectivity index (χ0v) is 13.6. The fourth-order valence-electron chi connectivity index (χ4n) is 1.96. The molecule has 2 aromatic rings. The molecule has 1 N–H and O–H groups in total. The summed E-state index contributed by atoms with van der Waals surface area (Å²) in [5.74, 6) is -0.398. The van der Waals surface area contributed by atoms with Crippen molar-refractivity contribution in [2.45, 2.75) is 39.8 Å². The standard InChI is InChI=1S/C15H18ClFN2S/c1-8(2)18-14(15-19-9(3)10(4)20-15)11-5-6-12(16)13(17)7-11/h5-8,14,18H,1-4H3. The van der Waals surface area contributed by atoms with Crippen molar-refractivity contribution in [1.82, 2.24) is 10.3 Å². The van der Waals surface area contributed by atoms with Crippen LogP contribution in [0.4, 0.5) is 4.39 Å². The Bertz CT molecular complexity index is 590. The van der Waals surface area contributed by atoms with Crippen LogP contribution < -0.4 is 5.32 Å². The van der Waals surface area contributed by atoms with E-state index >= 15 is 0 Å². The fourth-order valence-corrected chi connectivity index (χ4v) is 3.09. The van der Waals surface area contributed by atoms with Gasteiger partial charge >= 0.3 is 0 Å². The van der Waals surface area contributed by atoms with Gasteiger partial charge in [0, 0.05) is 10.9 Å². The van der Waals surface area contributed by atoms with Gasteiger partial charge in [0.2, 0.25) is 0 Å². The monoisotopic (exact) mass is 312 g/mol. The van der Waals surface area contributed by atoms with Crippen LogP contribution in [0.2, 0.25) is 5.02 Å². The average molecular weight is 313 g/mol. The van der Waals surface area contributed by atoms with Crippen molar-refractivity contribution < 1.29 is 4.39 Å². The second-order valence-corrected chi connectivity index (χ2v) is 6.76. The number of rotatable bonds is 4. The molecule has 0 saturated heterocycles. The molecule has 0 bridgehead atoms. The molecule has 1 heterocycles. The minimum Gasteiger partial charge on any atom is -0.302 e. The number of hydrogen-bond donors (Lipinski definition) is 1. The Morgan fingerprint density at radius 1 is 1.30 bits per heavy atom. The Labute approximate surface area is 128 Å². The van der Waals surface area contributed by atoms with E-state index in [0.717, 1.165) is 16.3 Å². The Kier molecular flexibility index (Phi) is 4.78. The fraction of sp³-hybridized carbons (Fsp3) is 0.400. The van der Waals surface area contributed by atoms with E-state index in [4.69, 9.17) is 11.6 Å². The van der Waals surface area contributed by atoms with Gasteiger partial charge in [-0.3, -0.25) is 0 Å². The van der Waals surface area contributed by atoms with E-state index in [0.29, 0.717) is 0 Å². The van der Waals surface area contributed by atoms with Crippen LogP contribution in [-0.4, -0.2) is 11.0 Å². The highest BCUT2D eigenvalue weighted by molar-refractivity contribution is 7.11. The molecule has 0 amide bonds. The molecule has 2 rings (SSSR count). The van der Waals surface area contributed by atoms with Crippen LogP contribution in [0.15, 0.2) is 18.2 Å². The van der Waals surface area contributed by atoms with Gasteiger partial charge < -0.3 is 5.32 Å². The van der Waals surface area contributed by atoms with Crippen LogP contribution in [-0.2, 0) is 0 Å². The van der Waals surface area contributed by atoms with Crippen molar-refractivity contribution >= 4 is 22.9 Å². The number of benzene rings is 1. The summed E-state index contributed by atoms with van der Waals surface area (Å²) in [4.78, 5) is 5.78. The lowest BCUT2D eigenvalue weighted by molar-refractivity contribution is 0.523. The molecule has 0 spiro atoms. The minimum absolute atomic E-state index is 0.112. The van der Waals surface area contributed by atoms with Gasteiger partial charge in [0.05, 0.1) is 16.8 Å². The van der Waals surface area contributed by atoms with Gasteiger partial charge in [-0.25, -0.2) is 9.37 Å². The third-order valence-corrected chi connectivity index (χ3v) is 4.51. The van der Waals surface area contributed by atoms with Crippen molar-refractivity contribution in [3.05, 3.63) is 50.2 Å². The maximum Gasteiger partial charge on any atom is 0.142 e. The van der Waals surface area contributed by atoms with Crippen LogP contribution in [0.5, 0.6) is 0 Å². The van der Waals surface area contributed by atoms with E-state index in [1.54, 1.807) is 17.4 Å². The number of nitrogens with zero attached hydrogens (tertiary/aromatic N) is 1. The molecule has 2 nitrogen and oxygen atoms in total. The van der Waals surface area contributed by atoms with Crippen LogP contribution >= 0.6 is 22.9 Å². The summed E-state index contributed by atoms with van der Waals surface area (Å²) in [6.07, 6.45) is 0. The van der Waals surface area contributed by atoms with Crippen molar-refractivity contribution in [3.63, 3.8) is 0 Å². The van der Waals surface area contributed by atoms with Crippen molar-refractivity contribution in [2.75, 3.05) is 0 Å². The van der Waals surface area contributed by atoms with E-state index in [-0.39, 0.29) is 17.1 Å². The van der Waals surface area contributed by atoms with Crippen LogP contribution in [0.1, 0.15) is 41.0 Å². The van der Waals surface area contributed by atoms with Crippen LogP contribution in [0, 0.1) is 19.7 Å². The third-order valence-electron chi connectivity index (χ3n) is 3.07. The number of hydrogen-bond acceptors (Lipinski definition) is 3. The predicted molar refractivity (Wildman–Crippen MR) is 83.1 cm³/mol. The lowest BCUT2D eigenvalue weighted by Gasteiger charge is -2.20. The Balaban J connectivity index is 2.43. The molecule has 0 radical (unpaired) electrons. The molecule has 5 heteroatoms. The summed E-state index contributed by atoms with van der Waals surface area (Å²) in [6.45, 7) is 8.16. The number of thiazole rings is 1. The molecule has 0 fully saturated rings. The normalized spacial score (nSPS) is 12.9. The lowest BCUT2D eigenvalue weighted by atomic mass is 10.1. The third kappa shape index (κ3) is 3.37. The molecular weight excluding hydrogens is 295 g/mol. The van der Waals surface area contributed by atoms with Gasteiger partial charge in [-0.2, -0.15) is 0 Å². The largest absolute Gasteiger partial charge is 0.302 e. The van der Waals surface area contributed by atoms with Crippen molar-refractivity contribution in [3.8, 4) is 0 Å². The molecule has 0 aliphatic carbocycles. The first kappa shape index (κ1) is 15.4. The SMILES string of the molecule is Cc1nc(C(NC(C)C)c2ccc(Cl)c(F)c2)sc1C. The number of halogens is 2. The van der Waals surface area contributed by atoms with E-state index in [9.17, 15) is 4.39 Å².